The monoisotopic (exact) mass is 427 g/mol. The third-order valence-electron chi connectivity index (χ3n) is 4.26. The zero-order valence-electron chi connectivity index (χ0n) is 17.7. The average Bonchev–Trinajstić information content (AvgIpc) is 2.64. The molecule has 0 saturated carbocycles. The smallest absolute Gasteiger partial charge is 0.293 e. The molecule has 3 N–H and O–H groups in total. The van der Waals surface area contributed by atoms with Gasteiger partial charge in [0.15, 0.2) is 15.8 Å². The molecule has 0 radical (unpaired) electrons. The van der Waals surface area contributed by atoms with E-state index in [4.69, 9.17) is 0 Å². The van der Waals surface area contributed by atoms with Crippen LogP contribution in [0.3, 0.4) is 0 Å². The lowest BCUT2D eigenvalue weighted by molar-refractivity contribution is -0.384. The van der Waals surface area contributed by atoms with Crippen LogP contribution in [-0.2, 0) is 9.84 Å². The molecule has 0 aliphatic heterocycles. The van der Waals surface area contributed by atoms with Gasteiger partial charge >= 0.3 is 0 Å². The van der Waals surface area contributed by atoms with Crippen LogP contribution < -0.4 is 16.0 Å². The van der Waals surface area contributed by atoms with Crippen molar-refractivity contribution in [3.8, 4) is 0 Å². The molecular weight excluding hydrogens is 394 g/mol. The molecule has 0 aromatic heterocycles. The predicted molar refractivity (Wildman–Crippen MR) is 117 cm³/mol. The van der Waals surface area contributed by atoms with Gasteiger partial charge in [-0.2, -0.15) is 0 Å². The van der Waals surface area contributed by atoms with Crippen LogP contribution in [0, 0.1) is 10.1 Å². The second-order valence-electron chi connectivity index (χ2n) is 6.94. The Balaban J connectivity index is 2.70. The molecule has 10 heteroatoms. The first-order chi connectivity index (χ1) is 13.7. The predicted octanol–water partition coefficient (Wildman–Crippen LogP) is 2.93. The molecule has 1 aromatic rings. The molecule has 9 nitrogen and oxygen atoms in total. The van der Waals surface area contributed by atoms with E-state index in [-0.39, 0.29) is 16.3 Å². The maximum Gasteiger partial charge on any atom is 0.293 e. The summed E-state index contributed by atoms with van der Waals surface area (Å²) in [5.74, 6) is 0.709. The molecule has 0 fully saturated rings. The fourth-order valence-electron chi connectivity index (χ4n) is 2.73. The van der Waals surface area contributed by atoms with Crippen molar-refractivity contribution in [1.29, 1.82) is 0 Å². The zero-order chi connectivity index (χ0) is 21.9. The highest BCUT2D eigenvalue weighted by molar-refractivity contribution is 7.90. The van der Waals surface area contributed by atoms with Gasteiger partial charge in [-0.1, -0.05) is 26.2 Å². The summed E-state index contributed by atoms with van der Waals surface area (Å²) in [5, 5.41) is 20.8. The van der Waals surface area contributed by atoms with E-state index in [0.29, 0.717) is 25.1 Å². The molecular formula is C19H33N5O4S. The molecule has 1 aromatic carbocycles. The molecule has 0 aliphatic rings. The van der Waals surface area contributed by atoms with E-state index in [1.165, 1.54) is 31.4 Å². The number of anilines is 1. The van der Waals surface area contributed by atoms with Gasteiger partial charge in [0.25, 0.3) is 5.69 Å². The lowest BCUT2D eigenvalue weighted by Crippen LogP contribution is -2.42. The van der Waals surface area contributed by atoms with Gasteiger partial charge in [0.1, 0.15) is 5.69 Å². The van der Waals surface area contributed by atoms with E-state index in [9.17, 15) is 18.5 Å². The Hall–Kier alpha value is -2.36. The number of nitro groups is 1. The van der Waals surface area contributed by atoms with Gasteiger partial charge in [0.05, 0.1) is 16.4 Å². The van der Waals surface area contributed by atoms with Crippen molar-refractivity contribution < 1.29 is 13.3 Å². The van der Waals surface area contributed by atoms with Crippen molar-refractivity contribution in [3.63, 3.8) is 0 Å². The van der Waals surface area contributed by atoms with E-state index < -0.39 is 14.8 Å². The van der Waals surface area contributed by atoms with E-state index in [1.54, 1.807) is 0 Å². The SMILES string of the molecule is CCCCCC(C)NC(=NCCNc1ccc(S(C)(=O)=O)cc1[N+](=O)[O-])NCC. The van der Waals surface area contributed by atoms with Crippen molar-refractivity contribution in [2.24, 2.45) is 4.99 Å². The van der Waals surface area contributed by atoms with Crippen LogP contribution in [0.1, 0.15) is 46.5 Å². The molecule has 0 heterocycles. The summed E-state index contributed by atoms with van der Waals surface area (Å²) in [5.41, 5.74) is -0.00465. The van der Waals surface area contributed by atoms with Gasteiger partial charge in [-0.05, 0) is 32.4 Å². The third-order valence-corrected chi connectivity index (χ3v) is 5.37. The number of nitrogens with one attached hydrogen (secondary N) is 3. The number of sulfone groups is 1. The van der Waals surface area contributed by atoms with Gasteiger partial charge in [0.2, 0.25) is 0 Å². The van der Waals surface area contributed by atoms with Gasteiger partial charge in [-0.3, -0.25) is 15.1 Å². The normalized spacial score (nSPS) is 13.0. The van der Waals surface area contributed by atoms with Gasteiger partial charge in [-0.15, -0.1) is 0 Å². The lowest BCUT2D eigenvalue weighted by Gasteiger charge is -2.17. The Morgan fingerprint density at radius 1 is 1.28 bits per heavy atom. The van der Waals surface area contributed by atoms with Crippen LogP contribution in [0.25, 0.3) is 0 Å². The summed E-state index contributed by atoms with van der Waals surface area (Å²) in [6, 6.07) is 4.15. The van der Waals surface area contributed by atoms with Crippen LogP contribution in [0.2, 0.25) is 0 Å². The largest absolute Gasteiger partial charge is 0.378 e. The summed E-state index contributed by atoms with van der Waals surface area (Å²) >= 11 is 0. The maximum atomic E-state index is 11.6. The summed E-state index contributed by atoms with van der Waals surface area (Å²) in [4.78, 5) is 15.1. The number of rotatable bonds is 12. The van der Waals surface area contributed by atoms with Crippen molar-refractivity contribution in [2.45, 2.75) is 57.4 Å². The van der Waals surface area contributed by atoms with Crippen LogP contribution in [0.5, 0.6) is 0 Å². The van der Waals surface area contributed by atoms with E-state index in [0.717, 1.165) is 25.3 Å². The fourth-order valence-corrected chi connectivity index (χ4v) is 3.37. The second kappa shape index (κ2) is 12.3. The number of hydrogen-bond donors (Lipinski definition) is 3. The van der Waals surface area contributed by atoms with Crippen LogP contribution >= 0.6 is 0 Å². The Bertz CT molecular complexity index is 796. The first kappa shape index (κ1) is 24.7. The van der Waals surface area contributed by atoms with E-state index in [2.05, 4.69) is 34.8 Å². The Morgan fingerprint density at radius 3 is 2.59 bits per heavy atom. The molecule has 0 amide bonds. The number of benzene rings is 1. The number of nitro benzene ring substituents is 1. The summed E-state index contributed by atoms with van der Waals surface area (Å²) in [6.07, 6.45) is 5.64. The van der Waals surface area contributed by atoms with Crippen molar-refractivity contribution in [2.75, 3.05) is 31.2 Å². The number of hydrogen-bond acceptors (Lipinski definition) is 6. The van der Waals surface area contributed by atoms with Crippen molar-refractivity contribution in [3.05, 3.63) is 28.3 Å². The summed E-state index contributed by atoms with van der Waals surface area (Å²) < 4.78 is 23.2. The topological polar surface area (TPSA) is 126 Å². The van der Waals surface area contributed by atoms with Crippen LogP contribution in [-0.4, -0.2) is 51.2 Å². The molecule has 0 aliphatic carbocycles. The molecule has 29 heavy (non-hydrogen) atoms. The Morgan fingerprint density at radius 2 is 2.00 bits per heavy atom. The fraction of sp³-hybridized carbons (Fsp3) is 0.632. The zero-order valence-corrected chi connectivity index (χ0v) is 18.5. The Kier molecular flexibility index (Phi) is 10.4. The highest BCUT2D eigenvalue weighted by Crippen LogP contribution is 2.27. The minimum Gasteiger partial charge on any atom is -0.378 e. The number of unbranched alkanes of at least 4 members (excludes halogenated alkanes) is 2. The van der Waals surface area contributed by atoms with E-state index >= 15 is 0 Å². The number of aliphatic imine (C=N–C) groups is 1. The highest BCUT2D eigenvalue weighted by Gasteiger charge is 2.18. The molecule has 164 valence electrons. The Labute approximate surface area is 173 Å². The van der Waals surface area contributed by atoms with Gasteiger partial charge in [-0.25, -0.2) is 8.42 Å². The molecule has 0 spiro atoms. The molecule has 1 rings (SSSR count). The molecule has 0 saturated heterocycles. The van der Waals surface area contributed by atoms with E-state index in [1.807, 2.05) is 6.92 Å². The van der Waals surface area contributed by atoms with Crippen molar-refractivity contribution >= 4 is 27.2 Å². The van der Waals surface area contributed by atoms with Gasteiger partial charge < -0.3 is 16.0 Å². The van der Waals surface area contributed by atoms with Crippen LogP contribution in [0.4, 0.5) is 11.4 Å². The molecule has 1 unspecified atom stereocenters. The quantitative estimate of drug-likeness (QED) is 0.154. The maximum absolute atomic E-state index is 11.6. The van der Waals surface area contributed by atoms with Gasteiger partial charge in [0, 0.05) is 31.5 Å². The first-order valence-corrected chi connectivity index (χ1v) is 11.8. The van der Waals surface area contributed by atoms with Crippen LogP contribution in [0.15, 0.2) is 28.1 Å². The number of nitrogens with zero attached hydrogens (tertiary/aromatic N) is 2. The third kappa shape index (κ3) is 9.12. The second-order valence-corrected chi connectivity index (χ2v) is 8.95. The lowest BCUT2D eigenvalue weighted by atomic mass is 10.1. The molecule has 1 atom stereocenters. The summed E-state index contributed by atoms with van der Waals surface area (Å²) in [7, 11) is -3.51. The minimum atomic E-state index is -3.51. The average molecular weight is 428 g/mol. The first-order valence-electron chi connectivity index (χ1n) is 9.96. The minimum absolute atomic E-state index is 0.0801. The number of guanidine groups is 1. The molecule has 0 bridgehead atoms. The standard InChI is InChI=1S/C19H33N5O4S/c1-5-7-8-9-15(3)23-19(20-6-2)22-13-12-21-17-11-10-16(29(4,27)28)14-18(17)24(25)26/h10-11,14-15,21H,5-9,12-13H2,1-4H3,(H2,20,22,23). The highest BCUT2D eigenvalue weighted by atomic mass is 32.2. The summed E-state index contributed by atoms with van der Waals surface area (Å²) in [6.45, 7) is 7.80. The van der Waals surface area contributed by atoms with Crippen molar-refractivity contribution in [1.82, 2.24) is 10.6 Å².